The Labute approximate surface area is 232 Å². The van der Waals surface area contributed by atoms with Crippen LogP contribution in [0.2, 0.25) is 11.1 Å². The molecular weight excluding hydrogens is 464 g/mol. The summed E-state index contributed by atoms with van der Waals surface area (Å²) < 4.78 is 7.02. The van der Waals surface area contributed by atoms with Crippen LogP contribution in [0.5, 0.6) is 0 Å². The van der Waals surface area contributed by atoms with Crippen LogP contribution in [-0.4, -0.2) is 14.4 Å². The van der Waals surface area contributed by atoms with E-state index in [0.717, 1.165) is 41.9 Å². The average molecular weight is 525 g/mol. The van der Waals surface area contributed by atoms with Crippen molar-refractivity contribution in [1.82, 2.24) is 0 Å². The second-order valence-electron chi connectivity index (χ2n) is 15.5. The fourth-order valence-electron chi connectivity index (χ4n) is 10.3. The smallest absolute Gasteiger partial charge is 0.276 e. The van der Waals surface area contributed by atoms with Gasteiger partial charge < -0.3 is 4.43 Å². The van der Waals surface area contributed by atoms with Crippen LogP contribution in [0.25, 0.3) is 0 Å². The zero-order valence-electron chi connectivity index (χ0n) is 26.0. The third-order valence-corrected chi connectivity index (χ3v) is 17.2. The van der Waals surface area contributed by atoms with Crippen molar-refractivity contribution in [2.75, 3.05) is 0 Å². The van der Waals surface area contributed by atoms with Gasteiger partial charge in [0.2, 0.25) is 0 Å². The Kier molecular flexibility index (Phi) is 8.88. The quantitative estimate of drug-likeness (QED) is 0.165. The monoisotopic (exact) mass is 524 g/mol. The van der Waals surface area contributed by atoms with Crippen LogP contribution in [0.1, 0.15) is 133 Å². The third-order valence-electron chi connectivity index (χ3n) is 12.6. The third kappa shape index (κ3) is 5.20. The van der Waals surface area contributed by atoms with Crippen molar-refractivity contribution in [3.8, 4) is 12.0 Å². The molecule has 0 amide bonds. The first kappa shape index (κ1) is 29.5. The van der Waals surface area contributed by atoms with E-state index in [1.165, 1.54) is 64.2 Å². The van der Waals surface area contributed by atoms with E-state index in [-0.39, 0.29) is 0 Å². The fraction of sp³-hybridized carbons (Fsp3) is 0.886. The molecule has 0 aliphatic heterocycles. The Morgan fingerprint density at radius 1 is 0.946 bits per heavy atom. The minimum absolute atomic E-state index is 0.333. The first-order chi connectivity index (χ1) is 17.4. The molecule has 8 atom stereocenters. The van der Waals surface area contributed by atoms with Gasteiger partial charge in [-0.05, 0) is 109 Å². The van der Waals surface area contributed by atoms with Crippen molar-refractivity contribution in [2.24, 2.45) is 46.3 Å². The van der Waals surface area contributed by atoms with Crippen LogP contribution in [0.3, 0.4) is 0 Å². The van der Waals surface area contributed by atoms with E-state index in [1.54, 1.807) is 5.57 Å². The summed E-state index contributed by atoms with van der Waals surface area (Å²) in [6.07, 6.45) is 24.3. The lowest BCUT2D eigenvalue weighted by Crippen LogP contribution is -2.52. The Hall–Kier alpha value is -0.523. The summed E-state index contributed by atoms with van der Waals surface area (Å²) >= 11 is 0. The average Bonchev–Trinajstić information content (AvgIpc) is 3.19. The van der Waals surface area contributed by atoms with Crippen molar-refractivity contribution < 1.29 is 4.43 Å². The highest BCUT2D eigenvalue weighted by Crippen LogP contribution is 2.67. The first-order valence-electron chi connectivity index (χ1n) is 16.2. The summed E-state index contributed by atoms with van der Waals surface area (Å²) in [6.45, 7) is 21.9. The van der Waals surface area contributed by atoms with Gasteiger partial charge in [-0.25, -0.2) is 0 Å². The van der Waals surface area contributed by atoms with Gasteiger partial charge >= 0.3 is 0 Å². The summed E-state index contributed by atoms with van der Waals surface area (Å²) in [7, 11) is -2.19. The maximum Gasteiger partial charge on any atom is 0.276 e. The zero-order chi connectivity index (χ0) is 27.2. The maximum atomic E-state index is 7.02. The summed E-state index contributed by atoms with van der Waals surface area (Å²) in [6, 6.07) is 0. The molecule has 3 saturated carbocycles. The lowest BCUT2D eigenvalue weighted by atomic mass is 9.47. The van der Waals surface area contributed by atoms with Gasteiger partial charge in [-0.15, -0.1) is 12.0 Å². The summed E-state index contributed by atoms with van der Waals surface area (Å²) in [4.78, 5) is 0. The van der Waals surface area contributed by atoms with E-state index in [1.807, 2.05) is 0 Å². The first-order valence-corrected chi connectivity index (χ1v) is 18.3. The summed E-state index contributed by atoms with van der Waals surface area (Å²) in [5.41, 5.74) is 6.88. The Balaban J connectivity index is 1.47. The molecule has 4 aliphatic carbocycles. The molecule has 0 N–H and O–H groups in total. The summed E-state index contributed by atoms with van der Waals surface area (Å²) in [5.74, 6) is 5.41. The molecule has 3 fully saturated rings. The second kappa shape index (κ2) is 11.2. The molecule has 0 unspecified atom stereocenters. The number of hydrogen-bond donors (Lipinski definition) is 0. The van der Waals surface area contributed by atoms with Crippen LogP contribution in [0.4, 0.5) is 0 Å². The van der Waals surface area contributed by atoms with Crippen molar-refractivity contribution in [1.29, 1.82) is 0 Å². The maximum absolute atomic E-state index is 7.02. The van der Waals surface area contributed by atoms with Gasteiger partial charge in [-0.2, -0.15) is 0 Å². The molecule has 4 rings (SSSR count). The van der Waals surface area contributed by atoms with Crippen LogP contribution in [0, 0.1) is 58.3 Å². The molecule has 1 nitrogen and oxygen atoms in total. The molecular formula is C35H60OSi. The van der Waals surface area contributed by atoms with Crippen molar-refractivity contribution in [3.63, 3.8) is 0 Å². The molecule has 0 aromatic rings. The van der Waals surface area contributed by atoms with Crippen LogP contribution < -0.4 is 0 Å². The highest BCUT2D eigenvalue weighted by molar-refractivity contribution is 6.84. The van der Waals surface area contributed by atoms with Gasteiger partial charge in [-0.1, -0.05) is 93.2 Å². The van der Waals surface area contributed by atoms with Gasteiger partial charge in [0.1, 0.15) is 0 Å². The van der Waals surface area contributed by atoms with Crippen molar-refractivity contribution in [3.05, 3.63) is 11.6 Å². The molecule has 0 radical (unpaired) electrons. The van der Waals surface area contributed by atoms with Gasteiger partial charge in [0.25, 0.3) is 8.32 Å². The number of fused-ring (bicyclic) bond motifs is 5. The molecule has 0 aromatic carbocycles. The van der Waals surface area contributed by atoms with Crippen LogP contribution in [0.15, 0.2) is 11.6 Å². The zero-order valence-corrected chi connectivity index (χ0v) is 27.0. The Bertz CT molecular complexity index is 855. The van der Waals surface area contributed by atoms with Gasteiger partial charge in [0.05, 0.1) is 0 Å². The minimum Gasteiger partial charge on any atom is -0.401 e. The molecule has 2 heteroatoms. The highest BCUT2D eigenvalue weighted by atomic mass is 28.4. The second-order valence-corrected chi connectivity index (χ2v) is 19.9. The fourth-order valence-corrected chi connectivity index (χ4v) is 13.7. The molecule has 37 heavy (non-hydrogen) atoms. The normalized spacial score (nSPS) is 38.7. The van der Waals surface area contributed by atoms with Crippen LogP contribution in [-0.2, 0) is 4.43 Å². The topological polar surface area (TPSA) is 9.23 Å². The number of terminal acetylenes is 1. The van der Waals surface area contributed by atoms with E-state index in [9.17, 15) is 0 Å². The summed E-state index contributed by atoms with van der Waals surface area (Å²) in [5, 5.41) is 0. The lowest BCUT2D eigenvalue weighted by molar-refractivity contribution is -0.0564. The standard InChI is InChI=1S/C35H60OSi/c1-11-37(25(4)5,26(6)7)36-29-19-21-34(9)28(23-29)15-16-30-32-18-17-31(27(8)14-12-13-24(2)3)35(32,10)22-20-33(30)34/h1,15,24-27,29-33H,12-14,16-23H2,2-10H3/t27-,29+,30+,31-,32+,33+,34+,35-/m1/s1. The molecule has 0 aromatic heterocycles. The van der Waals surface area contributed by atoms with Gasteiger partial charge in [0.15, 0.2) is 0 Å². The van der Waals surface area contributed by atoms with E-state index in [4.69, 9.17) is 10.8 Å². The van der Waals surface area contributed by atoms with Crippen LogP contribution >= 0.6 is 0 Å². The van der Waals surface area contributed by atoms with Crippen molar-refractivity contribution in [2.45, 2.75) is 150 Å². The molecule has 0 heterocycles. The molecule has 4 aliphatic rings. The van der Waals surface area contributed by atoms with Crippen molar-refractivity contribution >= 4 is 8.32 Å². The highest BCUT2D eigenvalue weighted by Gasteiger charge is 2.59. The molecule has 0 saturated heterocycles. The lowest BCUT2D eigenvalue weighted by Gasteiger charge is -2.59. The van der Waals surface area contributed by atoms with E-state index in [0.29, 0.717) is 28.0 Å². The SMILES string of the molecule is C#C[Si](O[C@H]1CC[C@@]2(C)C(=CC[C@H]3[C@@H]4CC[C@H]([C@H](C)CCCC(C)C)[C@@]4(C)CC[C@@H]32)C1)(C(C)C)C(C)C. The number of allylic oxidation sites excluding steroid dienone is 1. The Morgan fingerprint density at radius 3 is 2.27 bits per heavy atom. The Morgan fingerprint density at radius 2 is 1.65 bits per heavy atom. The largest absolute Gasteiger partial charge is 0.401 e. The number of rotatable bonds is 9. The van der Waals surface area contributed by atoms with Gasteiger partial charge in [-0.3, -0.25) is 0 Å². The van der Waals surface area contributed by atoms with E-state index >= 15 is 0 Å². The predicted octanol–water partition coefficient (Wildman–Crippen LogP) is 10.4. The van der Waals surface area contributed by atoms with Gasteiger partial charge in [0, 0.05) is 6.10 Å². The molecule has 210 valence electrons. The molecule has 0 spiro atoms. The number of hydrogen-bond acceptors (Lipinski definition) is 1. The van der Waals surface area contributed by atoms with E-state index in [2.05, 4.69) is 73.9 Å². The molecule has 0 bridgehead atoms. The predicted molar refractivity (Wildman–Crippen MR) is 163 cm³/mol. The van der Waals surface area contributed by atoms with E-state index < -0.39 is 8.32 Å². The minimum atomic E-state index is -2.19.